The van der Waals surface area contributed by atoms with Crippen molar-refractivity contribution in [1.29, 1.82) is 0 Å². The van der Waals surface area contributed by atoms with Crippen LogP contribution in [0.2, 0.25) is 10.0 Å². The zero-order valence-corrected chi connectivity index (χ0v) is 19.9. The molecule has 4 aromatic carbocycles. The predicted octanol–water partition coefficient (Wildman–Crippen LogP) is 6.47. The average Bonchev–Trinajstić information content (AvgIpc) is 2.85. The maximum absolute atomic E-state index is 12.3. The number of aromatic hydroxyl groups is 1. The van der Waals surface area contributed by atoms with Crippen LogP contribution in [0.25, 0.3) is 10.8 Å². The summed E-state index contributed by atoms with van der Waals surface area (Å²) in [6.45, 7) is 2.82. The third kappa shape index (κ3) is 5.57. The summed E-state index contributed by atoms with van der Waals surface area (Å²) >= 11 is 11.9. The van der Waals surface area contributed by atoms with E-state index < -0.39 is 5.91 Å². The van der Waals surface area contributed by atoms with Crippen LogP contribution in [0.5, 0.6) is 5.75 Å². The number of carbonyl (C=O) groups is 1. The van der Waals surface area contributed by atoms with Crippen LogP contribution in [0, 0.1) is 0 Å². The van der Waals surface area contributed by atoms with Crippen molar-refractivity contribution >= 4 is 46.1 Å². The van der Waals surface area contributed by atoms with Gasteiger partial charge in [-0.3, -0.25) is 4.79 Å². The quantitative estimate of drug-likeness (QED) is 0.205. The average molecular weight is 492 g/mol. The Balaban J connectivity index is 1.48. The Morgan fingerprint density at radius 1 is 1.00 bits per heavy atom. The van der Waals surface area contributed by atoms with Crippen molar-refractivity contribution in [2.24, 2.45) is 5.10 Å². The maximum Gasteiger partial charge on any atom is 0.271 e. The van der Waals surface area contributed by atoms with E-state index in [-0.39, 0.29) is 16.8 Å². The SMILES string of the molecule is CC(NCc1ccc(/C=N/NC(=O)c2ccc(O)c(Cl)c2)c2ccccc12)c1ccc(Cl)cc1. The van der Waals surface area contributed by atoms with Crippen LogP contribution in [0.4, 0.5) is 0 Å². The molecule has 0 saturated carbocycles. The number of nitrogens with zero attached hydrogens (tertiary/aromatic N) is 1. The number of phenolic OH excluding ortho intramolecular Hbond substituents is 1. The second-order valence-corrected chi connectivity index (χ2v) is 8.72. The van der Waals surface area contributed by atoms with E-state index in [1.54, 1.807) is 6.21 Å². The lowest BCUT2D eigenvalue weighted by Gasteiger charge is -2.16. The molecule has 0 saturated heterocycles. The molecule has 7 heteroatoms. The molecule has 4 aromatic rings. The van der Waals surface area contributed by atoms with E-state index in [1.807, 2.05) is 48.5 Å². The minimum Gasteiger partial charge on any atom is -0.506 e. The fourth-order valence-electron chi connectivity index (χ4n) is 3.66. The van der Waals surface area contributed by atoms with E-state index in [9.17, 15) is 9.90 Å². The molecule has 0 heterocycles. The van der Waals surface area contributed by atoms with Gasteiger partial charge in [0.05, 0.1) is 11.2 Å². The third-order valence-electron chi connectivity index (χ3n) is 5.60. The highest BCUT2D eigenvalue weighted by atomic mass is 35.5. The van der Waals surface area contributed by atoms with E-state index in [2.05, 4.69) is 34.9 Å². The van der Waals surface area contributed by atoms with Gasteiger partial charge in [-0.05, 0) is 59.2 Å². The lowest BCUT2D eigenvalue weighted by molar-refractivity contribution is 0.0955. The fourth-order valence-corrected chi connectivity index (χ4v) is 3.96. The molecule has 34 heavy (non-hydrogen) atoms. The third-order valence-corrected chi connectivity index (χ3v) is 6.15. The Kier molecular flexibility index (Phi) is 7.48. The Labute approximate surface area is 208 Å². The van der Waals surface area contributed by atoms with Crippen molar-refractivity contribution in [2.75, 3.05) is 0 Å². The normalized spacial score (nSPS) is 12.2. The molecule has 172 valence electrons. The molecule has 0 bridgehead atoms. The number of fused-ring (bicyclic) bond motifs is 1. The van der Waals surface area contributed by atoms with Crippen LogP contribution in [0.15, 0.2) is 84.0 Å². The van der Waals surface area contributed by atoms with Gasteiger partial charge >= 0.3 is 0 Å². The summed E-state index contributed by atoms with van der Waals surface area (Å²) in [6.07, 6.45) is 1.62. The Bertz CT molecular complexity index is 1350. The lowest BCUT2D eigenvalue weighted by atomic mass is 9.99. The zero-order valence-electron chi connectivity index (χ0n) is 18.4. The van der Waals surface area contributed by atoms with Crippen LogP contribution in [0.3, 0.4) is 0 Å². The molecule has 0 aromatic heterocycles. The molecule has 3 N–H and O–H groups in total. The number of nitrogens with one attached hydrogen (secondary N) is 2. The molecule has 0 aliphatic carbocycles. The van der Waals surface area contributed by atoms with Gasteiger partial charge in [0.1, 0.15) is 5.75 Å². The van der Waals surface area contributed by atoms with Gasteiger partial charge in [-0.1, -0.05) is 71.7 Å². The van der Waals surface area contributed by atoms with Gasteiger partial charge < -0.3 is 10.4 Å². The molecule has 0 fully saturated rings. The summed E-state index contributed by atoms with van der Waals surface area (Å²) in [4.78, 5) is 12.3. The van der Waals surface area contributed by atoms with Crippen molar-refractivity contribution in [1.82, 2.24) is 10.7 Å². The molecule has 0 radical (unpaired) electrons. The smallest absolute Gasteiger partial charge is 0.271 e. The van der Waals surface area contributed by atoms with Crippen LogP contribution >= 0.6 is 23.2 Å². The first-order valence-electron chi connectivity index (χ1n) is 10.7. The van der Waals surface area contributed by atoms with Gasteiger partial charge in [0.2, 0.25) is 0 Å². The molecule has 1 unspecified atom stereocenters. The Hall–Kier alpha value is -3.38. The molecule has 5 nitrogen and oxygen atoms in total. The van der Waals surface area contributed by atoms with Crippen LogP contribution < -0.4 is 10.7 Å². The largest absolute Gasteiger partial charge is 0.506 e. The van der Waals surface area contributed by atoms with Gasteiger partial charge in [-0.2, -0.15) is 5.10 Å². The Morgan fingerprint density at radius 2 is 1.74 bits per heavy atom. The van der Waals surface area contributed by atoms with Crippen LogP contribution in [0.1, 0.15) is 40.0 Å². The molecule has 1 amide bonds. The predicted molar refractivity (Wildman–Crippen MR) is 139 cm³/mol. The molecule has 0 spiro atoms. The van der Waals surface area contributed by atoms with Crippen molar-refractivity contribution in [3.63, 3.8) is 0 Å². The van der Waals surface area contributed by atoms with Crippen molar-refractivity contribution in [2.45, 2.75) is 19.5 Å². The van der Waals surface area contributed by atoms with E-state index in [1.165, 1.54) is 23.8 Å². The number of hydrazone groups is 1. The summed E-state index contributed by atoms with van der Waals surface area (Å²) in [5.41, 5.74) is 6.03. The first-order valence-corrected chi connectivity index (χ1v) is 11.5. The fraction of sp³-hybridized carbons (Fsp3) is 0.111. The van der Waals surface area contributed by atoms with Crippen LogP contribution in [-0.2, 0) is 6.54 Å². The number of halogens is 2. The van der Waals surface area contributed by atoms with Gasteiger partial charge in [0, 0.05) is 28.7 Å². The molecular weight excluding hydrogens is 469 g/mol. The number of hydrogen-bond acceptors (Lipinski definition) is 4. The summed E-state index contributed by atoms with van der Waals surface area (Å²) in [5, 5.41) is 20.2. The van der Waals surface area contributed by atoms with Gasteiger partial charge in [0.15, 0.2) is 0 Å². The van der Waals surface area contributed by atoms with Crippen LogP contribution in [-0.4, -0.2) is 17.2 Å². The molecule has 0 aliphatic heterocycles. The van der Waals surface area contributed by atoms with Crippen molar-refractivity contribution < 1.29 is 9.90 Å². The molecule has 0 aliphatic rings. The summed E-state index contributed by atoms with van der Waals surface area (Å²) in [7, 11) is 0. The number of rotatable bonds is 7. The molecule has 4 rings (SSSR count). The summed E-state index contributed by atoms with van der Waals surface area (Å²) in [6, 6.07) is 24.4. The number of hydrogen-bond donors (Lipinski definition) is 3. The first-order chi connectivity index (χ1) is 16.4. The van der Waals surface area contributed by atoms with E-state index in [0.717, 1.165) is 26.9 Å². The summed E-state index contributed by atoms with van der Waals surface area (Å²) in [5.74, 6) is -0.496. The topological polar surface area (TPSA) is 73.7 Å². The van der Waals surface area contributed by atoms with Crippen molar-refractivity contribution in [3.05, 3.63) is 111 Å². The van der Waals surface area contributed by atoms with Gasteiger partial charge in [-0.25, -0.2) is 5.43 Å². The number of phenols is 1. The van der Waals surface area contributed by atoms with E-state index in [0.29, 0.717) is 12.1 Å². The summed E-state index contributed by atoms with van der Waals surface area (Å²) < 4.78 is 0. The van der Waals surface area contributed by atoms with Crippen molar-refractivity contribution in [3.8, 4) is 5.75 Å². The monoisotopic (exact) mass is 491 g/mol. The highest BCUT2D eigenvalue weighted by Crippen LogP contribution is 2.25. The molecular formula is C27H23Cl2N3O2. The molecule has 1 atom stereocenters. The second-order valence-electron chi connectivity index (χ2n) is 7.88. The van der Waals surface area contributed by atoms with E-state index in [4.69, 9.17) is 23.2 Å². The highest BCUT2D eigenvalue weighted by molar-refractivity contribution is 6.32. The number of benzene rings is 4. The van der Waals surface area contributed by atoms with Gasteiger partial charge in [0.25, 0.3) is 5.91 Å². The van der Waals surface area contributed by atoms with Gasteiger partial charge in [-0.15, -0.1) is 0 Å². The standard InChI is InChI=1S/C27H23Cl2N3O2/c1-17(18-8-11-22(28)12-9-18)30-15-20-6-7-21(24-5-3-2-4-23(20)24)16-31-32-27(34)19-10-13-26(33)25(29)14-19/h2-14,16-17,30,33H,15H2,1H3,(H,32,34)/b31-16+. The Morgan fingerprint density at radius 3 is 2.47 bits per heavy atom. The second kappa shape index (κ2) is 10.7. The zero-order chi connectivity index (χ0) is 24.1. The highest BCUT2D eigenvalue weighted by Gasteiger charge is 2.10. The minimum atomic E-state index is -0.417. The lowest BCUT2D eigenvalue weighted by Crippen LogP contribution is -2.18. The minimum absolute atomic E-state index is 0.0784. The number of carbonyl (C=O) groups excluding carboxylic acids is 1. The maximum atomic E-state index is 12.3. The first kappa shape index (κ1) is 23.8. The van der Waals surface area contributed by atoms with E-state index >= 15 is 0 Å². The number of amides is 1.